The highest BCUT2D eigenvalue weighted by molar-refractivity contribution is 5.87. The number of amides is 1. The predicted molar refractivity (Wildman–Crippen MR) is 71.3 cm³/mol. The Morgan fingerprint density at radius 1 is 1.05 bits per heavy atom. The molecule has 5 nitrogen and oxygen atoms in total. The number of carbonyl (C=O) groups excluding carboxylic acids is 1. The van der Waals surface area contributed by atoms with Gasteiger partial charge in [-0.2, -0.15) is 5.26 Å². The zero-order valence-corrected chi connectivity index (χ0v) is 11.4. The first kappa shape index (κ1) is 12.9. The molecule has 0 radical (unpaired) electrons. The Balaban J connectivity index is 1.65. The molecule has 1 amide bonds. The largest absolute Gasteiger partial charge is 0.339 e. The van der Waals surface area contributed by atoms with E-state index < -0.39 is 5.41 Å². The van der Waals surface area contributed by atoms with Crippen LogP contribution in [-0.4, -0.2) is 50.1 Å². The van der Waals surface area contributed by atoms with E-state index in [9.17, 15) is 10.1 Å². The van der Waals surface area contributed by atoms with Gasteiger partial charge in [0.05, 0.1) is 6.07 Å². The number of nitrogens with zero attached hydrogens (tertiary/aromatic N) is 2. The molecule has 3 rings (SSSR count). The van der Waals surface area contributed by atoms with Crippen molar-refractivity contribution in [3.05, 3.63) is 0 Å². The highest BCUT2D eigenvalue weighted by Gasteiger charge is 2.65. The Morgan fingerprint density at radius 2 is 1.63 bits per heavy atom. The summed E-state index contributed by atoms with van der Waals surface area (Å²) in [5.41, 5.74) is -0.327. The molecule has 2 aliphatic carbocycles. The van der Waals surface area contributed by atoms with Crippen LogP contribution in [0.4, 0.5) is 0 Å². The summed E-state index contributed by atoms with van der Waals surface area (Å²) >= 11 is 0. The number of hydrogen-bond acceptors (Lipinski definition) is 4. The maximum absolute atomic E-state index is 12.7. The molecule has 5 heteroatoms. The van der Waals surface area contributed by atoms with E-state index in [1.165, 1.54) is 12.8 Å². The lowest BCUT2D eigenvalue weighted by Gasteiger charge is -2.44. The zero-order valence-electron chi connectivity index (χ0n) is 11.4. The molecular weight excluding hydrogens is 240 g/mol. The maximum atomic E-state index is 12.7. The second kappa shape index (κ2) is 4.77. The van der Waals surface area contributed by atoms with E-state index in [0.29, 0.717) is 5.41 Å². The van der Waals surface area contributed by atoms with E-state index in [1.54, 1.807) is 0 Å². The fourth-order valence-electron chi connectivity index (χ4n) is 3.51. The number of hydrogen-bond donors (Lipinski definition) is 2. The molecule has 1 saturated heterocycles. The topological polar surface area (TPSA) is 68.2 Å². The average molecular weight is 262 g/mol. The molecule has 3 aliphatic rings. The van der Waals surface area contributed by atoms with Crippen LogP contribution in [0.25, 0.3) is 0 Å². The molecule has 0 aromatic heterocycles. The van der Waals surface area contributed by atoms with Crippen LogP contribution in [-0.2, 0) is 4.79 Å². The first-order chi connectivity index (χ1) is 9.20. The lowest BCUT2D eigenvalue weighted by Crippen LogP contribution is -2.53. The standard InChI is InChI=1S/C14H22N4O/c15-11-14(9-13(10-14)1-2-13)12(19)18-7-5-16-3-4-17-6-8-18/h16-17H,1-10H2. The lowest BCUT2D eigenvalue weighted by atomic mass is 9.59. The highest BCUT2D eigenvalue weighted by Crippen LogP contribution is 2.68. The normalized spacial score (nSPS) is 28.5. The molecule has 19 heavy (non-hydrogen) atoms. The summed E-state index contributed by atoms with van der Waals surface area (Å²) in [5.74, 6) is 0.0676. The molecule has 1 aliphatic heterocycles. The third kappa shape index (κ3) is 2.35. The fourth-order valence-corrected chi connectivity index (χ4v) is 3.51. The van der Waals surface area contributed by atoms with Crippen molar-refractivity contribution in [1.29, 1.82) is 5.26 Å². The minimum atomic E-state index is -0.704. The van der Waals surface area contributed by atoms with Crippen molar-refractivity contribution in [2.75, 3.05) is 39.3 Å². The van der Waals surface area contributed by atoms with Crippen LogP contribution in [0.5, 0.6) is 0 Å². The van der Waals surface area contributed by atoms with Gasteiger partial charge in [-0.3, -0.25) is 4.79 Å². The van der Waals surface area contributed by atoms with E-state index in [-0.39, 0.29) is 5.91 Å². The van der Waals surface area contributed by atoms with Crippen molar-refractivity contribution >= 4 is 5.91 Å². The third-order valence-electron chi connectivity index (χ3n) is 4.82. The van der Waals surface area contributed by atoms with Crippen molar-refractivity contribution in [1.82, 2.24) is 15.5 Å². The average Bonchev–Trinajstić information content (AvgIpc) is 3.13. The highest BCUT2D eigenvalue weighted by atomic mass is 16.2. The molecule has 104 valence electrons. The molecule has 0 bridgehead atoms. The van der Waals surface area contributed by atoms with Crippen LogP contribution in [0, 0.1) is 22.2 Å². The van der Waals surface area contributed by atoms with Gasteiger partial charge in [0.15, 0.2) is 0 Å². The molecule has 2 saturated carbocycles. The Labute approximate surface area is 114 Å². The van der Waals surface area contributed by atoms with Crippen LogP contribution in [0.3, 0.4) is 0 Å². The Morgan fingerprint density at radius 3 is 2.11 bits per heavy atom. The van der Waals surface area contributed by atoms with Gasteiger partial charge in [-0.1, -0.05) is 0 Å². The van der Waals surface area contributed by atoms with E-state index in [1.807, 2.05) is 4.90 Å². The number of carbonyl (C=O) groups is 1. The first-order valence-electron chi connectivity index (χ1n) is 7.32. The van der Waals surface area contributed by atoms with Crippen molar-refractivity contribution < 1.29 is 4.79 Å². The molecule has 2 N–H and O–H groups in total. The van der Waals surface area contributed by atoms with Crippen LogP contribution in [0.15, 0.2) is 0 Å². The van der Waals surface area contributed by atoms with E-state index in [2.05, 4.69) is 16.7 Å². The van der Waals surface area contributed by atoms with Crippen LogP contribution >= 0.6 is 0 Å². The fraction of sp³-hybridized carbons (Fsp3) is 0.857. The van der Waals surface area contributed by atoms with E-state index in [0.717, 1.165) is 52.1 Å². The quantitative estimate of drug-likeness (QED) is 0.703. The van der Waals surface area contributed by atoms with E-state index >= 15 is 0 Å². The summed E-state index contributed by atoms with van der Waals surface area (Å²) in [6.45, 7) is 4.96. The second-order valence-electron chi connectivity index (χ2n) is 6.34. The van der Waals surface area contributed by atoms with Crippen molar-refractivity contribution in [2.24, 2.45) is 10.8 Å². The van der Waals surface area contributed by atoms with Gasteiger partial charge in [0, 0.05) is 39.3 Å². The van der Waals surface area contributed by atoms with Gasteiger partial charge in [-0.25, -0.2) is 0 Å². The molecule has 0 atom stereocenters. The monoisotopic (exact) mass is 262 g/mol. The zero-order chi connectivity index (χ0) is 13.3. The first-order valence-corrected chi connectivity index (χ1v) is 7.32. The summed E-state index contributed by atoms with van der Waals surface area (Å²) in [6.07, 6.45) is 4.03. The van der Waals surface area contributed by atoms with Gasteiger partial charge < -0.3 is 15.5 Å². The second-order valence-corrected chi connectivity index (χ2v) is 6.34. The molecule has 3 fully saturated rings. The SMILES string of the molecule is N#CC1(C(=O)N2CCNCCNCC2)CC2(CC2)C1. The molecule has 0 aromatic carbocycles. The van der Waals surface area contributed by atoms with Gasteiger partial charge in [0.25, 0.3) is 0 Å². The maximum Gasteiger partial charge on any atom is 0.243 e. The minimum Gasteiger partial charge on any atom is -0.339 e. The summed E-state index contributed by atoms with van der Waals surface area (Å²) in [7, 11) is 0. The van der Waals surface area contributed by atoms with Crippen LogP contribution in [0.2, 0.25) is 0 Å². The Bertz CT molecular complexity index is 392. The van der Waals surface area contributed by atoms with Crippen molar-refractivity contribution in [3.8, 4) is 6.07 Å². The number of nitrogens with one attached hydrogen (secondary N) is 2. The van der Waals surface area contributed by atoms with Crippen molar-refractivity contribution in [2.45, 2.75) is 25.7 Å². The molecule has 0 aromatic rings. The van der Waals surface area contributed by atoms with Gasteiger partial charge in [-0.05, 0) is 31.1 Å². The summed E-state index contributed by atoms with van der Waals surface area (Å²) < 4.78 is 0. The summed E-state index contributed by atoms with van der Waals surface area (Å²) in [6, 6.07) is 2.33. The van der Waals surface area contributed by atoms with Crippen LogP contribution in [0.1, 0.15) is 25.7 Å². The molecular formula is C14H22N4O. The van der Waals surface area contributed by atoms with Crippen LogP contribution < -0.4 is 10.6 Å². The van der Waals surface area contributed by atoms with Gasteiger partial charge in [-0.15, -0.1) is 0 Å². The van der Waals surface area contributed by atoms with Crippen molar-refractivity contribution in [3.63, 3.8) is 0 Å². The molecule has 1 spiro atoms. The minimum absolute atomic E-state index is 0.0676. The molecule has 0 unspecified atom stereocenters. The van der Waals surface area contributed by atoms with Gasteiger partial charge >= 0.3 is 0 Å². The predicted octanol–water partition coefficient (Wildman–Crippen LogP) is 0.0918. The van der Waals surface area contributed by atoms with Gasteiger partial charge in [0.2, 0.25) is 5.91 Å². The Kier molecular flexibility index (Phi) is 3.23. The number of rotatable bonds is 1. The van der Waals surface area contributed by atoms with E-state index in [4.69, 9.17) is 0 Å². The smallest absolute Gasteiger partial charge is 0.243 e. The Hall–Kier alpha value is -1.12. The summed E-state index contributed by atoms with van der Waals surface area (Å²) in [4.78, 5) is 14.6. The summed E-state index contributed by atoms with van der Waals surface area (Å²) in [5, 5.41) is 16.1. The number of nitriles is 1. The third-order valence-corrected chi connectivity index (χ3v) is 4.82. The molecule has 1 heterocycles. The lowest BCUT2D eigenvalue weighted by molar-refractivity contribution is -0.146. The van der Waals surface area contributed by atoms with Gasteiger partial charge in [0.1, 0.15) is 5.41 Å².